The number of carbonyl (C=O) groups excluding carboxylic acids is 2. The molecule has 6 nitrogen and oxygen atoms in total. The summed E-state index contributed by atoms with van der Waals surface area (Å²) in [5, 5.41) is 14.2. The summed E-state index contributed by atoms with van der Waals surface area (Å²) in [7, 11) is 0. The van der Waals surface area contributed by atoms with E-state index in [1.54, 1.807) is 0 Å². The number of rotatable bonds is 7. The second kappa shape index (κ2) is 7.11. The van der Waals surface area contributed by atoms with Crippen LogP contribution >= 0.6 is 0 Å². The molecule has 0 aromatic carbocycles. The van der Waals surface area contributed by atoms with E-state index in [-0.39, 0.29) is 29.8 Å². The minimum atomic E-state index is -0.796. The first-order chi connectivity index (χ1) is 8.88. The van der Waals surface area contributed by atoms with Crippen LogP contribution in [0.15, 0.2) is 0 Å². The van der Waals surface area contributed by atoms with Gasteiger partial charge in [0, 0.05) is 24.9 Å². The van der Waals surface area contributed by atoms with Crippen molar-refractivity contribution < 1.29 is 19.5 Å². The second-order valence-corrected chi connectivity index (χ2v) is 5.35. The van der Waals surface area contributed by atoms with Crippen LogP contribution in [0.25, 0.3) is 0 Å². The Bertz CT molecular complexity index is 349. The van der Waals surface area contributed by atoms with Crippen LogP contribution in [0.2, 0.25) is 0 Å². The maximum atomic E-state index is 11.5. The normalized spacial score (nSPS) is 21.6. The van der Waals surface area contributed by atoms with Crippen LogP contribution in [-0.4, -0.2) is 35.0 Å². The highest BCUT2D eigenvalue weighted by Crippen LogP contribution is 2.27. The van der Waals surface area contributed by atoms with Crippen LogP contribution < -0.4 is 10.6 Å². The molecule has 1 fully saturated rings. The van der Waals surface area contributed by atoms with Gasteiger partial charge in [-0.1, -0.05) is 0 Å². The van der Waals surface area contributed by atoms with Crippen molar-refractivity contribution in [3.8, 4) is 0 Å². The van der Waals surface area contributed by atoms with Crippen LogP contribution in [-0.2, 0) is 14.4 Å². The van der Waals surface area contributed by atoms with E-state index in [0.717, 1.165) is 0 Å². The molecule has 0 aromatic rings. The minimum Gasteiger partial charge on any atom is -0.481 e. The number of carbonyl (C=O) groups is 3. The average Bonchev–Trinajstić information content (AvgIpc) is 2.21. The van der Waals surface area contributed by atoms with Crippen LogP contribution in [0, 0.1) is 5.92 Å². The lowest BCUT2D eigenvalue weighted by Crippen LogP contribution is -2.46. The van der Waals surface area contributed by atoms with Gasteiger partial charge in [0.05, 0.1) is 5.92 Å². The number of nitrogens with one attached hydrogen (secondary N) is 2. The Balaban J connectivity index is 2.06. The fourth-order valence-corrected chi connectivity index (χ4v) is 2.04. The highest BCUT2D eigenvalue weighted by molar-refractivity contribution is 5.79. The van der Waals surface area contributed by atoms with Crippen LogP contribution in [0.3, 0.4) is 0 Å². The third-order valence-electron chi connectivity index (χ3n) is 3.11. The van der Waals surface area contributed by atoms with Gasteiger partial charge in [0.1, 0.15) is 0 Å². The lowest BCUT2D eigenvalue weighted by molar-refractivity contribution is -0.146. The van der Waals surface area contributed by atoms with Gasteiger partial charge in [0.15, 0.2) is 0 Å². The Hall–Kier alpha value is -1.59. The summed E-state index contributed by atoms with van der Waals surface area (Å²) in [4.78, 5) is 33.5. The topological polar surface area (TPSA) is 95.5 Å². The molecule has 3 N–H and O–H groups in total. The Morgan fingerprint density at radius 2 is 1.74 bits per heavy atom. The van der Waals surface area contributed by atoms with Gasteiger partial charge in [-0.05, 0) is 33.1 Å². The van der Waals surface area contributed by atoms with E-state index in [1.165, 1.54) is 0 Å². The van der Waals surface area contributed by atoms with Crippen molar-refractivity contribution in [2.45, 2.75) is 58.0 Å². The zero-order chi connectivity index (χ0) is 14.4. The van der Waals surface area contributed by atoms with E-state index < -0.39 is 5.97 Å². The summed E-state index contributed by atoms with van der Waals surface area (Å²) < 4.78 is 0. The standard InChI is InChI=1S/C13H22N2O4/c1-8(2)14-11(16)4-3-5-12(17)15-10-6-9(7-10)13(18)19/h8-10H,3-7H2,1-2H3,(H,14,16)(H,15,17)(H,18,19). The predicted molar refractivity (Wildman–Crippen MR) is 69.4 cm³/mol. The van der Waals surface area contributed by atoms with Crippen LogP contribution in [0.5, 0.6) is 0 Å². The van der Waals surface area contributed by atoms with E-state index in [4.69, 9.17) is 5.11 Å². The summed E-state index contributed by atoms with van der Waals surface area (Å²) in [6.07, 6.45) is 2.18. The molecule has 0 radical (unpaired) electrons. The molecule has 0 aromatic heterocycles. The minimum absolute atomic E-state index is 0.0157. The van der Waals surface area contributed by atoms with Gasteiger partial charge in [0.2, 0.25) is 11.8 Å². The van der Waals surface area contributed by atoms with E-state index in [0.29, 0.717) is 32.1 Å². The molecule has 0 atom stereocenters. The number of hydrogen-bond donors (Lipinski definition) is 3. The number of carboxylic acids is 1. The van der Waals surface area contributed by atoms with Gasteiger partial charge in [-0.25, -0.2) is 0 Å². The monoisotopic (exact) mass is 270 g/mol. The van der Waals surface area contributed by atoms with Gasteiger partial charge in [-0.2, -0.15) is 0 Å². The van der Waals surface area contributed by atoms with Crippen molar-refractivity contribution in [1.82, 2.24) is 10.6 Å². The van der Waals surface area contributed by atoms with E-state index in [2.05, 4.69) is 10.6 Å². The maximum absolute atomic E-state index is 11.5. The van der Waals surface area contributed by atoms with E-state index in [9.17, 15) is 14.4 Å². The maximum Gasteiger partial charge on any atom is 0.306 e. The molecule has 2 amide bonds. The van der Waals surface area contributed by atoms with Crippen molar-refractivity contribution >= 4 is 17.8 Å². The van der Waals surface area contributed by atoms with Gasteiger partial charge in [-0.15, -0.1) is 0 Å². The first kappa shape index (κ1) is 15.5. The number of aliphatic carboxylic acids is 1. The van der Waals surface area contributed by atoms with Gasteiger partial charge in [-0.3, -0.25) is 14.4 Å². The Kier molecular flexibility index (Phi) is 5.79. The van der Waals surface area contributed by atoms with Gasteiger partial charge in [0.25, 0.3) is 0 Å². The van der Waals surface area contributed by atoms with Gasteiger partial charge >= 0.3 is 5.97 Å². The molecule has 19 heavy (non-hydrogen) atoms. The molecule has 1 saturated carbocycles. The Morgan fingerprint density at radius 1 is 1.16 bits per heavy atom. The quantitative estimate of drug-likeness (QED) is 0.633. The summed E-state index contributed by atoms with van der Waals surface area (Å²) in [6, 6.07) is 0.0994. The predicted octanol–water partition coefficient (Wildman–Crippen LogP) is 0.661. The highest BCUT2D eigenvalue weighted by Gasteiger charge is 2.34. The average molecular weight is 270 g/mol. The molecule has 1 rings (SSSR count). The molecule has 0 spiro atoms. The third kappa shape index (κ3) is 5.72. The molecule has 1 aliphatic rings. The number of hydrogen-bond acceptors (Lipinski definition) is 3. The molecule has 108 valence electrons. The highest BCUT2D eigenvalue weighted by atomic mass is 16.4. The van der Waals surface area contributed by atoms with Crippen molar-refractivity contribution in [2.75, 3.05) is 0 Å². The van der Waals surface area contributed by atoms with Crippen molar-refractivity contribution in [3.63, 3.8) is 0 Å². The molecule has 1 aliphatic carbocycles. The fraction of sp³-hybridized carbons (Fsp3) is 0.769. The lowest BCUT2D eigenvalue weighted by atomic mass is 9.80. The fourth-order valence-electron chi connectivity index (χ4n) is 2.04. The summed E-state index contributed by atoms with van der Waals surface area (Å²) >= 11 is 0. The van der Waals surface area contributed by atoms with Crippen molar-refractivity contribution in [2.24, 2.45) is 5.92 Å². The largest absolute Gasteiger partial charge is 0.481 e. The first-order valence-electron chi connectivity index (χ1n) is 6.70. The first-order valence-corrected chi connectivity index (χ1v) is 6.70. The zero-order valence-electron chi connectivity index (χ0n) is 11.4. The lowest BCUT2D eigenvalue weighted by Gasteiger charge is -2.32. The number of carboxylic acid groups (broad SMARTS) is 1. The third-order valence-corrected chi connectivity index (χ3v) is 3.11. The smallest absolute Gasteiger partial charge is 0.306 e. The second-order valence-electron chi connectivity index (χ2n) is 5.35. The summed E-state index contributed by atoms with van der Waals surface area (Å²) in [6.45, 7) is 3.78. The molecule has 0 bridgehead atoms. The summed E-state index contributed by atoms with van der Waals surface area (Å²) in [5.41, 5.74) is 0. The van der Waals surface area contributed by atoms with Gasteiger partial charge < -0.3 is 15.7 Å². The molecule has 6 heteroatoms. The Labute approximate surface area is 112 Å². The SMILES string of the molecule is CC(C)NC(=O)CCCC(=O)NC1CC(C(=O)O)C1. The molecule has 0 unspecified atom stereocenters. The molecule has 0 saturated heterocycles. The van der Waals surface area contributed by atoms with E-state index >= 15 is 0 Å². The number of amides is 2. The molecular formula is C13H22N2O4. The van der Waals surface area contributed by atoms with Crippen LogP contribution in [0.4, 0.5) is 0 Å². The molecular weight excluding hydrogens is 248 g/mol. The molecule has 0 aliphatic heterocycles. The van der Waals surface area contributed by atoms with Crippen LogP contribution in [0.1, 0.15) is 46.0 Å². The van der Waals surface area contributed by atoms with Crippen molar-refractivity contribution in [1.29, 1.82) is 0 Å². The van der Waals surface area contributed by atoms with Crippen molar-refractivity contribution in [3.05, 3.63) is 0 Å². The Morgan fingerprint density at radius 3 is 2.26 bits per heavy atom. The van der Waals surface area contributed by atoms with E-state index in [1.807, 2.05) is 13.8 Å². The zero-order valence-corrected chi connectivity index (χ0v) is 11.4. The summed E-state index contributed by atoms with van der Waals surface area (Å²) in [5.74, 6) is -1.26. The molecule has 0 heterocycles.